The van der Waals surface area contributed by atoms with Gasteiger partial charge in [0.2, 0.25) is 5.91 Å². The number of hydrogen-bond donors (Lipinski definition) is 2. The molecule has 1 aliphatic heterocycles. The quantitative estimate of drug-likeness (QED) is 0.344. The van der Waals surface area contributed by atoms with E-state index in [4.69, 9.17) is 4.74 Å². The number of nitrogens with zero attached hydrogens (tertiary/aromatic N) is 1. The number of ether oxygens (including phenoxy) is 1. The number of hydrogen-bond acceptors (Lipinski definition) is 6. The van der Waals surface area contributed by atoms with Crippen LogP contribution in [0.3, 0.4) is 0 Å². The van der Waals surface area contributed by atoms with Crippen molar-refractivity contribution in [2.45, 2.75) is 6.92 Å². The van der Waals surface area contributed by atoms with Crippen LogP contribution in [0, 0.1) is 6.92 Å². The molecule has 4 amide bonds. The normalized spacial score (nSPS) is 14.1. The van der Waals surface area contributed by atoms with Crippen molar-refractivity contribution in [3.05, 3.63) is 93.3 Å². The molecule has 0 radical (unpaired) electrons. The molecular formula is C27H22BrN3O5S. The molecule has 3 aromatic rings. The fourth-order valence-electron chi connectivity index (χ4n) is 3.33. The van der Waals surface area contributed by atoms with Gasteiger partial charge in [-0.25, -0.2) is 0 Å². The van der Waals surface area contributed by atoms with E-state index in [1.54, 1.807) is 48.5 Å². The Kier molecular flexibility index (Phi) is 8.42. The topological polar surface area (TPSA) is 105 Å². The number of benzene rings is 3. The van der Waals surface area contributed by atoms with Gasteiger partial charge in [-0.05, 0) is 82.7 Å². The number of halogens is 1. The average Bonchev–Trinajstić information content (AvgIpc) is 3.13. The zero-order valence-corrected chi connectivity index (χ0v) is 22.1. The Morgan fingerprint density at radius 3 is 2.35 bits per heavy atom. The molecule has 1 saturated heterocycles. The fourth-order valence-corrected chi connectivity index (χ4v) is 4.55. The van der Waals surface area contributed by atoms with Crippen molar-refractivity contribution in [2.75, 3.05) is 23.8 Å². The lowest BCUT2D eigenvalue weighted by Crippen LogP contribution is -2.36. The highest BCUT2D eigenvalue weighted by Crippen LogP contribution is 2.32. The number of para-hydroxylation sites is 1. The molecule has 3 aromatic carbocycles. The number of imide groups is 1. The van der Waals surface area contributed by atoms with Crippen LogP contribution in [0.4, 0.5) is 16.2 Å². The van der Waals surface area contributed by atoms with E-state index in [-0.39, 0.29) is 24.0 Å². The van der Waals surface area contributed by atoms with Gasteiger partial charge in [0.05, 0.1) is 10.6 Å². The summed E-state index contributed by atoms with van der Waals surface area (Å²) in [6, 6.07) is 21.3. The summed E-state index contributed by atoms with van der Waals surface area (Å²) in [5.74, 6) is -0.827. The summed E-state index contributed by atoms with van der Waals surface area (Å²) < 4.78 is 6.22. The second-order valence-electron chi connectivity index (χ2n) is 8.07. The lowest BCUT2D eigenvalue weighted by molar-refractivity contribution is -0.127. The van der Waals surface area contributed by atoms with Crippen LogP contribution in [0.5, 0.6) is 5.75 Å². The molecule has 0 aromatic heterocycles. The van der Waals surface area contributed by atoms with Crippen molar-refractivity contribution in [3.63, 3.8) is 0 Å². The SMILES string of the molecule is Cc1ccc(NC(=O)COc2ccc(/C=C3/SC(=O)N(CC(=O)Nc4ccccc4Br)C3=O)cc2)cc1. The lowest BCUT2D eigenvalue weighted by Gasteiger charge is -2.13. The van der Waals surface area contributed by atoms with Gasteiger partial charge in [-0.2, -0.15) is 0 Å². The number of amides is 4. The highest BCUT2D eigenvalue weighted by atomic mass is 79.9. The maximum atomic E-state index is 12.7. The van der Waals surface area contributed by atoms with E-state index in [9.17, 15) is 19.2 Å². The van der Waals surface area contributed by atoms with Crippen molar-refractivity contribution in [2.24, 2.45) is 0 Å². The van der Waals surface area contributed by atoms with E-state index in [0.29, 0.717) is 27.2 Å². The van der Waals surface area contributed by atoms with Gasteiger partial charge in [-0.3, -0.25) is 24.1 Å². The molecule has 2 N–H and O–H groups in total. The van der Waals surface area contributed by atoms with Crippen molar-refractivity contribution >= 4 is 68.1 Å². The first kappa shape index (κ1) is 26.2. The third-order valence-electron chi connectivity index (χ3n) is 5.21. The minimum atomic E-state index is -0.537. The van der Waals surface area contributed by atoms with Gasteiger partial charge in [0.1, 0.15) is 12.3 Å². The second kappa shape index (κ2) is 11.9. The maximum absolute atomic E-state index is 12.7. The van der Waals surface area contributed by atoms with Crippen LogP contribution in [0.1, 0.15) is 11.1 Å². The minimum absolute atomic E-state index is 0.159. The molecule has 1 fully saturated rings. The van der Waals surface area contributed by atoms with Crippen molar-refractivity contribution in [3.8, 4) is 5.75 Å². The third kappa shape index (κ3) is 7.08. The van der Waals surface area contributed by atoms with Crippen LogP contribution in [-0.2, 0) is 14.4 Å². The smallest absolute Gasteiger partial charge is 0.294 e. The van der Waals surface area contributed by atoms with Gasteiger partial charge in [-0.1, -0.05) is 42.0 Å². The molecule has 0 atom stereocenters. The molecule has 37 heavy (non-hydrogen) atoms. The van der Waals surface area contributed by atoms with Crippen molar-refractivity contribution in [1.82, 2.24) is 4.90 Å². The summed E-state index contributed by atoms with van der Waals surface area (Å²) in [5.41, 5.74) is 3.00. The van der Waals surface area contributed by atoms with E-state index < -0.39 is 17.1 Å². The van der Waals surface area contributed by atoms with Crippen LogP contribution in [0.2, 0.25) is 0 Å². The van der Waals surface area contributed by atoms with Gasteiger partial charge < -0.3 is 15.4 Å². The summed E-state index contributed by atoms with van der Waals surface area (Å²) in [5, 5.41) is 4.93. The van der Waals surface area contributed by atoms with Crippen molar-refractivity contribution in [1.29, 1.82) is 0 Å². The maximum Gasteiger partial charge on any atom is 0.294 e. The van der Waals surface area contributed by atoms with Gasteiger partial charge in [0.25, 0.3) is 17.1 Å². The molecule has 0 bridgehead atoms. The van der Waals surface area contributed by atoms with E-state index >= 15 is 0 Å². The minimum Gasteiger partial charge on any atom is -0.484 e. The number of carbonyl (C=O) groups excluding carboxylic acids is 4. The Balaban J connectivity index is 1.31. The summed E-state index contributed by atoms with van der Waals surface area (Å²) in [6.07, 6.45) is 1.57. The highest BCUT2D eigenvalue weighted by molar-refractivity contribution is 9.10. The van der Waals surface area contributed by atoms with E-state index in [0.717, 1.165) is 22.2 Å². The summed E-state index contributed by atoms with van der Waals surface area (Å²) in [4.78, 5) is 50.7. The summed E-state index contributed by atoms with van der Waals surface area (Å²) >= 11 is 4.11. The molecular weight excluding hydrogens is 558 g/mol. The first-order valence-electron chi connectivity index (χ1n) is 11.2. The number of nitrogens with one attached hydrogen (secondary N) is 2. The molecule has 1 heterocycles. The van der Waals surface area contributed by atoms with Gasteiger partial charge in [-0.15, -0.1) is 0 Å². The van der Waals surface area contributed by atoms with Crippen LogP contribution in [-0.4, -0.2) is 41.0 Å². The molecule has 0 aliphatic carbocycles. The third-order valence-corrected chi connectivity index (χ3v) is 6.81. The molecule has 8 nitrogen and oxygen atoms in total. The molecule has 1 aliphatic rings. The van der Waals surface area contributed by atoms with Gasteiger partial charge in [0.15, 0.2) is 6.61 Å². The first-order chi connectivity index (χ1) is 17.8. The number of anilines is 2. The Hall–Kier alpha value is -3.89. The standard InChI is InChI=1S/C27H22BrN3O5S/c1-17-6-10-19(11-7-17)29-25(33)16-36-20-12-8-18(9-13-20)14-23-26(34)31(27(35)37-23)15-24(32)30-22-5-3-2-4-21(22)28/h2-14H,15-16H2,1H3,(H,29,33)(H,30,32)/b23-14+. The number of aryl methyl sites for hydroxylation is 1. The molecule has 0 spiro atoms. The Morgan fingerprint density at radius 1 is 0.946 bits per heavy atom. The monoisotopic (exact) mass is 579 g/mol. The van der Waals surface area contributed by atoms with Crippen LogP contribution in [0.25, 0.3) is 6.08 Å². The molecule has 10 heteroatoms. The number of carbonyl (C=O) groups is 4. The molecule has 4 rings (SSSR count). The van der Waals surface area contributed by atoms with Crippen LogP contribution >= 0.6 is 27.7 Å². The first-order valence-corrected chi connectivity index (χ1v) is 12.8. The summed E-state index contributed by atoms with van der Waals surface area (Å²) in [6.45, 7) is 1.42. The Morgan fingerprint density at radius 2 is 1.65 bits per heavy atom. The molecule has 188 valence electrons. The lowest BCUT2D eigenvalue weighted by atomic mass is 10.2. The van der Waals surface area contributed by atoms with Crippen LogP contribution in [0.15, 0.2) is 82.2 Å². The predicted molar refractivity (Wildman–Crippen MR) is 147 cm³/mol. The second-order valence-corrected chi connectivity index (χ2v) is 9.92. The number of rotatable bonds is 8. The van der Waals surface area contributed by atoms with E-state index in [2.05, 4.69) is 26.6 Å². The fraction of sp³-hybridized carbons (Fsp3) is 0.111. The largest absolute Gasteiger partial charge is 0.484 e. The zero-order chi connectivity index (χ0) is 26.4. The van der Waals surface area contributed by atoms with Crippen LogP contribution < -0.4 is 15.4 Å². The molecule has 0 unspecified atom stereocenters. The van der Waals surface area contributed by atoms with E-state index in [1.807, 2.05) is 37.3 Å². The van der Waals surface area contributed by atoms with E-state index in [1.165, 1.54) is 0 Å². The van der Waals surface area contributed by atoms with Crippen molar-refractivity contribution < 1.29 is 23.9 Å². The van der Waals surface area contributed by atoms with Gasteiger partial charge >= 0.3 is 0 Å². The predicted octanol–water partition coefficient (Wildman–Crippen LogP) is 5.45. The highest BCUT2D eigenvalue weighted by Gasteiger charge is 2.36. The Bertz CT molecular complexity index is 1370. The average molecular weight is 580 g/mol. The zero-order valence-electron chi connectivity index (χ0n) is 19.7. The van der Waals surface area contributed by atoms with Gasteiger partial charge in [0, 0.05) is 10.2 Å². The molecule has 0 saturated carbocycles. The Labute approximate surface area is 226 Å². The number of thioether (sulfide) groups is 1. The summed E-state index contributed by atoms with van der Waals surface area (Å²) in [7, 11) is 0.